The Morgan fingerprint density at radius 3 is 2.38 bits per heavy atom. The van der Waals surface area contributed by atoms with Crippen LogP contribution in [-0.4, -0.2) is 60.8 Å². The molecule has 0 spiro atoms. The highest BCUT2D eigenvalue weighted by Gasteiger charge is 2.24. The fraction of sp³-hybridized carbons (Fsp3) is 0.500. The summed E-state index contributed by atoms with van der Waals surface area (Å²) in [6, 6.07) is 6.93. The Bertz CT molecular complexity index is 522. The molecule has 0 bridgehead atoms. The number of likely N-dealkylation sites (N-methyl/N-ethyl adjacent to an activating group) is 1. The Balaban J connectivity index is 2.03. The lowest BCUT2D eigenvalue weighted by atomic mass is 10.1. The van der Waals surface area contributed by atoms with Crippen LogP contribution >= 0.6 is 0 Å². The number of nitrogens with zero attached hydrogens (tertiary/aromatic N) is 2. The molecule has 1 aromatic rings. The van der Waals surface area contributed by atoms with Crippen LogP contribution in [0.1, 0.15) is 24.2 Å². The number of nitrogens with one attached hydrogen (secondary N) is 1. The second kappa shape index (κ2) is 6.83. The van der Waals surface area contributed by atoms with E-state index in [1.807, 2.05) is 13.0 Å². The van der Waals surface area contributed by atoms with E-state index < -0.39 is 0 Å². The second-order valence-corrected chi connectivity index (χ2v) is 5.61. The first-order chi connectivity index (χ1) is 9.99. The third kappa shape index (κ3) is 3.89. The third-order valence-corrected chi connectivity index (χ3v) is 4.03. The molecule has 0 saturated carbocycles. The molecule has 1 N–H and O–H groups in total. The van der Waals surface area contributed by atoms with E-state index in [1.165, 1.54) is 6.92 Å². The van der Waals surface area contributed by atoms with Crippen LogP contribution in [0.25, 0.3) is 0 Å². The lowest BCUT2D eigenvalue weighted by Crippen LogP contribution is -2.51. The first-order valence-corrected chi connectivity index (χ1v) is 7.32. The predicted octanol–water partition coefficient (Wildman–Crippen LogP) is 1.46. The zero-order valence-corrected chi connectivity index (χ0v) is 12.9. The summed E-state index contributed by atoms with van der Waals surface area (Å²) in [5.74, 6) is -0.105. The molecule has 0 radical (unpaired) electrons. The molecule has 1 fully saturated rings. The number of carbonyl (C=O) groups excluding carboxylic acids is 2. The number of hydrogen-bond acceptors (Lipinski definition) is 4. The van der Waals surface area contributed by atoms with Crippen LogP contribution in [0, 0.1) is 0 Å². The smallest absolute Gasteiger partial charge is 0.241 e. The van der Waals surface area contributed by atoms with Crippen molar-refractivity contribution in [2.24, 2.45) is 0 Å². The SMILES string of the molecule is CC(=O)c1ccccc1NC(=O)[C@@H](C)N1CCN(C)CC1. The van der Waals surface area contributed by atoms with Gasteiger partial charge in [-0.05, 0) is 33.0 Å². The molecule has 1 heterocycles. The van der Waals surface area contributed by atoms with Crippen LogP contribution in [0.3, 0.4) is 0 Å². The van der Waals surface area contributed by atoms with Crippen molar-refractivity contribution in [2.75, 3.05) is 38.5 Å². The molecule has 1 aliphatic rings. The molecule has 0 unspecified atom stereocenters. The fourth-order valence-electron chi connectivity index (χ4n) is 2.51. The summed E-state index contributed by atoms with van der Waals surface area (Å²) in [5.41, 5.74) is 1.15. The summed E-state index contributed by atoms with van der Waals surface area (Å²) in [4.78, 5) is 28.4. The second-order valence-electron chi connectivity index (χ2n) is 5.61. The first kappa shape index (κ1) is 15.7. The van der Waals surface area contributed by atoms with Crippen LogP contribution in [0.15, 0.2) is 24.3 Å². The number of Topliss-reactive ketones (excluding diaryl/α,β-unsaturated/α-hetero) is 1. The summed E-state index contributed by atoms with van der Waals surface area (Å²) in [6.45, 7) is 7.15. The van der Waals surface area contributed by atoms with E-state index in [2.05, 4.69) is 22.2 Å². The summed E-state index contributed by atoms with van der Waals surface area (Å²) in [7, 11) is 2.09. The maximum Gasteiger partial charge on any atom is 0.241 e. The Morgan fingerprint density at radius 1 is 1.14 bits per heavy atom. The molecule has 0 aliphatic carbocycles. The number of para-hydroxylation sites is 1. The summed E-state index contributed by atoms with van der Waals surface area (Å²) < 4.78 is 0. The van der Waals surface area contributed by atoms with Gasteiger partial charge in [0.1, 0.15) is 0 Å². The van der Waals surface area contributed by atoms with Gasteiger partial charge < -0.3 is 10.2 Å². The van der Waals surface area contributed by atoms with Gasteiger partial charge in [-0.2, -0.15) is 0 Å². The number of ketones is 1. The minimum atomic E-state index is -0.196. The van der Waals surface area contributed by atoms with E-state index in [4.69, 9.17) is 0 Å². The Hall–Kier alpha value is -1.72. The average molecular weight is 289 g/mol. The molecule has 1 aliphatic heterocycles. The van der Waals surface area contributed by atoms with Crippen LogP contribution < -0.4 is 5.32 Å². The standard InChI is InChI=1S/C16H23N3O2/c1-12(19-10-8-18(3)9-11-19)16(21)17-15-7-5-4-6-14(15)13(2)20/h4-7,12H,8-11H2,1-3H3,(H,17,21)/t12-/m1/s1. The van der Waals surface area contributed by atoms with Gasteiger partial charge in [0.15, 0.2) is 5.78 Å². The highest BCUT2D eigenvalue weighted by Crippen LogP contribution is 2.16. The molecular weight excluding hydrogens is 266 g/mol. The van der Waals surface area contributed by atoms with Crippen molar-refractivity contribution in [1.82, 2.24) is 9.80 Å². The molecule has 1 amide bonds. The molecule has 5 nitrogen and oxygen atoms in total. The van der Waals surface area contributed by atoms with E-state index >= 15 is 0 Å². The van der Waals surface area contributed by atoms with Crippen molar-refractivity contribution >= 4 is 17.4 Å². The number of anilines is 1. The average Bonchev–Trinajstić information content (AvgIpc) is 2.47. The summed E-state index contributed by atoms with van der Waals surface area (Å²) >= 11 is 0. The van der Waals surface area contributed by atoms with Crippen molar-refractivity contribution in [1.29, 1.82) is 0 Å². The molecular formula is C16H23N3O2. The summed E-state index contributed by atoms with van der Waals surface area (Å²) in [5, 5.41) is 2.89. The Labute approximate surface area is 125 Å². The quantitative estimate of drug-likeness (QED) is 0.853. The first-order valence-electron chi connectivity index (χ1n) is 7.32. The minimum absolute atomic E-state index is 0.0434. The van der Waals surface area contributed by atoms with Gasteiger partial charge in [-0.15, -0.1) is 0 Å². The van der Waals surface area contributed by atoms with Gasteiger partial charge in [0.05, 0.1) is 11.7 Å². The van der Waals surface area contributed by atoms with Gasteiger partial charge in [0.2, 0.25) is 5.91 Å². The zero-order chi connectivity index (χ0) is 15.4. The molecule has 21 heavy (non-hydrogen) atoms. The predicted molar refractivity (Wildman–Crippen MR) is 83.6 cm³/mol. The molecule has 1 aromatic carbocycles. The topological polar surface area (TPSA) is 52.7 Å². The monoisotopic (exact) mass is 289 g/mol. The molecule has 0 aromatic heterocycles. The van der Waals surface area contributed by atoms with Gasteiger partial charge in [-0.1, -0.05) is 12.1 Å². The molecule has 5 heteroatoms. The minimum Gasteiger partial charge on any atom is -0.324 e. The van der Waals surface area contributed by atoms with E-state index in [1.54, 1.807) is 18.2 Å². The molecule has 1 atom stereocenters. The fourth-order valence-corrected chi connectivity index (χ4v) is 2.51. The molecule has 1 saturated heterocycles. The third-order valence-electron chi connectivity index (χ3n) is 4.03. The van der Waals surface area contributed by atoms with Gasteiger partial charge in [-0.25, -0.2) is 0 Å². The van der Waals surface area contributed by atoms with E-state index in [0.29, 0.717) is 11.3 Å². The van der Waals surface area contributed by atoms with Gasteiger partial charge in [0.25, 0.3) is 0 Å². The van der Waals surface area contributed by atoms with Crippen molar-refractivity contribution in [3.8, 4) is 0 Å². The van der Waals surface area contributed by atoms with E-state index in [0.717, 1.165) is 26.2 Å². The zero-order valence-electron chi connectivity index (χ0n) is 12.9. The number of amides is 1. The van der Waals surface area contributed by atoms with Crippen molar-refractivity contribution < 1.29 is 9.59 Å². The highest BCUT2D eigenvalue weighted by molar-refractivity contribution is 6.04. The maximum atomic E-state index is 12.4. The molecule has 2 rings (SSSR count). The van der Waals surface area contributed by atoms with Crippen molar-refractivity contribution in [3.05, 3.63) is 29.8 Å². The number of benzene rings is 1. The number of piperazine rings is 1. The van der Waals surface area contributed by atoms with E-state index in [9.17, 15) is 9.59 Å². The molecule has 114 valence electrons. The van der Waals surface area contributed by atoms with Crippen LogP contribution in [-0.2, 0) is 4.79 Å². The highest BCUT2D eigenvalue weighted by atomic mass is 16.2. The number of carbonyl (C=O) groups is 2. The van der Waals surface area contributed by atoms with Crippen LogP contribution in [0.2, 0.25) is 0 Å². The van der Waals surface area contributed by atoms with Gasteiger partial charge >= 0.3 is 0 Å². The lowest BCUT2D eigenvalue weighted by molar-refractivity contribution is -0.121. The lowest BCUT2D eigenvalue weighted by Gasteiger charge is -2.35. The number of hydrogen-bond donors (Lipinski definition) is 1. The maximum absolute atomic E-state index is 12.4. The number of rotatable bonds is 4. The van der Waals surface area contributed by atoms with E-state index in [-0.39, 0.29) is 17.7 Å². The Morgan fingerprint density at radius 2 is 1.76 bits per heavy atom. The van der Waals surface area contributed by atoms with Gasteiger partial charge in [-0.3, -0.25) is 14.5 Å². The summed E-state index contributed by atoms with van der Waals surface area (Å²) in [6.07, 6.45) is 0. The normalized spacial score (nSPS) is 18.2. The van der Waals surface area contributed by atoms with Crippen molar-refractivity contribution in [2.45, 2.75) is 19.9 Å². The Kier molecular flexibility index (Phi) is 5.09. The van der Waals surface area contributed by atoms with Crippen LogP contribution in [0.5, 0.6) is 0 Å². The van der Waals surface area contributed by atoms with Gasteiger partial charge in [0, 0.05) is 31.7 Å². The van der Waals surface area contributed by atoms with Crippen molar-refractivity contribution in [3.63, 3.8) is 0 Å². The largest absolute Gasteiger partial charge is 0.324 e. The van der Waals surface area contributed by atoms with Crippen LogP contribution in [0.4, 0.5) is 5.69 Å².